The van der Waals surface area contributed by atoms with Crippen LogP contribution in [0.5, 0.6) is 0 Å². The summed E-state index contributed by atoms with van der Waals surface area (Å²) in [6, 6.07) is 1.47. The molecule has 1 aromatic heterocycles. The second-order valence-electron chi connectivity index (χ2n) is 5.53. The van der Waals surface area contributed by atoms with Crippen LogP contribution in [0.1, 0.15) is 27.7 Å². The molecule has 0 amide bonds. The van der Waals surface area contributed by atoms with Crippen molar-refractivity contribution in [3.63, 3.8) is 0 Å². The summed E-state index contributed by atoms with van der Waals surface area (Å²) in [6.45, 7) is 8.61. The summed E-state index contributed by atoms with van der Waals surface area (Å²) in [6.07, 6.45) is 2.73. The molecule has 0 aliphatic carbocycles. The highest BCUT2D eigenvalue weighted by molar-refractivity contribution is 7.89. The number of hydrogen-bond donors (Lipinski definition) is 2. The highest BCUT2D eigenvalue weighted by atomic mass is 32.2. The molecule has 0 radical (unpaired) electrons. The van der Waals surface area contributed by atoms with E-state index in [1.54, 1.807) is 0 Å². The van der Waals surface area contributed by atoms with E-state index in [1.807, 2.05) is 6.92 Å². The fourth-order valence-electron chi connectivity index (χ4n) is 1.23. The second kappa shape index (κ2) is 5.24. The first-order valence-corrected chi connectivity index (χ1v) is 7.32. The number of nitrogens with one attached hydrogen (secondary N) is 1. The molecule has 18 heavy (non-hydrogen) atoms. The predicted octanol–water partition coefficient (Wildman–Crippen LogP) is 1.62. The predicted molar refractivity (Wildman–Crippen MR) is 72.5 cm³/mol. The van der Waals surface area contributed by atoms with Crippen molar-refractivity contribution in [1.82, 2.24) is 9.71 Å². The lowest BCUT2D eigenvalue weighted by Crippen LogP contribution is -2.34. The van der Waals surface area contributed by atoms with Crippen molar-refractivity contribution in [2.45, 2.75) is 32.6 Å². The molecule has 0 spiro atoms. The van der Waals surface area contributed by atoms with Crippen LogP contribution in [0.4, 0.5) is 5.69 Å². The van der Waals surface area contributed by atoms with Gasteiger partial charge in [-0.1, -0.05) is 27.7 Å². The Hall–Kier alpha value is -1.14. The monoisotopic (exact) mass is 271 g/mol. The van der Waals surface area contributed by atoms with E-state index in [1.165, 1.54) is 18.5 Å². The van der Waals surface area contributed by atoms with E-state index in [0.717, 1.165) is 0 Å². The van der Waals surface area contributed by atoms with Crippen LogP contribution < -0.4 is 10.5 Å². The van der Waals surface area contributed by atoms with Crippen LogP contribution in [0.3, 0.4) is 0 Å². The first-order valence-electron chi connectivity index (χ1n) is 5.84. The Bertz CT molecular complexity index is 506. The van der Waals surface area contributed by atoms with E-state index in [0.29, 0.717) is 6.54 Å². The Morgan fingerprint density at radius 1 is 1.44 bits per heavy atom. The summed E-state index contributed by atoms with van der Waals surface area (Å²) >= 11 is 0. The molecule has 6 heteroatoms. The third-order valence-electron chi connectivity index (χ3n) is 3.16. The number of rotatable bonds is 4. The van der Waals surface area contributed by atoms with Crippen molar-refractivity contribution in [2.75, 3.05) is 12.3 Å². The molecule has 1 aromatic rings. The van der Waals surface area contributed by atoms with Gasteiger partial charge in [-0.05, 0) is 17.4 Å². The summed E-state index contributed by atoms with van der Waals surface area (Å²) in [4.78, 5) is 3.82. The maximum absolute atomic E-state index is 12.1. The molecule has 0 aromatic carbocycles. The highest BCUT2D eigenvalue weighted by Gasteiger charge is 2.23. The minimum absolute atomic E-state index is 0.0334. The molecule has 1 atom stereocenters. The number of nitrogens with two attached hydrogens (primary N) is 1. The molecule has 5 nitrogen and oxygen atoms in total. The molecule has 0 aliphatic rings. The number of aromatic nitrogens is 1. The van der Waals surface area contributed by atoms with Gasteiger partial charge in [-0.15, -0.1) is 0 Å². The standard InChI is InChI=1S/C12H21N3O2S/c1-9(12(2,3)4)7-15-18(16,17)11-8-14-6-5-10(11)13/h5-6,8-9,15H,7H2,1-4H3,(H2,13,14). The largest absolute Gasteiger partial charge is 0.398 e. The maximum atomic E-state index is 12.1. The van der Waals surface area contributed by atoms with Gasteiger partial charge >= 0.3 is 0 Å². The topological polar surface area (TPSA) is 85.1 Å². The quantitative estimate of drug-likeness (QED) is 0.871. The van der Waals surface area contributed by atoms with Gasteiger partial charge in [-0.3, -0.25) is 4.98 Å². The third kappa shape index (κ3) is 3.68. The molecule has 102 valence electrons. The molecule has 0 saturated carbocycles. The zero-order chi connectivity index (χ0) is 14.0. The van der Waals surface area contributed by atoms with Crippen LogP contribution in [0.25, 0.3) is 0 Å². The fourth-order valence-corrected chi connectivity index (χ4v) is 2.44. The Kier molecular flexibility index (Phi) is 4.34. The SMILES string of the molecule is CC(CNS(=O)(=O)c1cnccc1N)C(C)(C)C. The van der Waals surface area contributed by atoms with Crippen molar-refractivity contribution >= 4 is 15.7 Å². The smallest absolute Gasteiger partial charge is 0.244 e. The third-order valence-corrected chi connectivity index (χ3v) is 4.63. The fraction of sp³-hybridized carbons (Fsp3) is 0.583. The summed E-state index contributed by atoms with van der Waals surface area (Å²) in [7, 11) is -3.58. The lowest BCUT2D eigenvalue weighted by Gasteiger charge is -2.27. The van der Waals surface area contributed by atoms with E-state index < -0.39 is 10.0 Å². The average Bonchev–Trinajstić information content (AvgIpc) is 2.25. The molecule has 1 rings (SSSR count). The number of nitrogen functional groups attached to an aromatic ring is 1. The molecule has 0 bridgehead atoms. The van der Waals surface area contributed by atoms with E-state index in [9.17, 15) is 8.42 Å². The Labute approximate surface area is 109 Å². The van der Waals surface area contributed by atoms with Crippen LogP contribution in [-0.4, -0.2) is 19.9 Å². The van der Waals surface area contributed by atoms with Gasteiger partial charge in [0, 0.05) is 18.9 Å². The van der Waals surface area contributed by atoms with Gasteiger partial charge in [0.05, 0.1) is 5.69 Å². The summed E-state index contributed by atoms with van der Waals surface area (Å²) in [5.41, 5.74) is 5.89. The van der Waals surface area contributed by atoms with Gasteiger partial charge in [0.15, 0.2) is 0 Å². The molecule has 0 fully saturated rings. The summed E-state index contributed by atoms with van der Waals surface area (Å²) in [5, 5.41) is 0. The van der Waals surface area contributed by atoms with Crippen molar-refractivity contribution in [1.29, 1.82) is 0 Å². The van der Waals surface area contributed by atoms with Gasteiger partial charge in [0.2, 0.25) is 10.0 Å². The molecule has 1 heterocycles. The number of hydrogen-bond acceptors (Lipinski definition) is 4. The molecular formula is C12H21N3O2S. The number of nitrogens with zero attached hydrogens (tertiary/aromatic N) is 1. The summed E-state index contributed by atoms with van der Waals surface area (Å²) in [5.74, 6) is 0.213. The van der Waals surface area contributed by atoms with Gasteiger partial charge in [-0.25, -0.2) is 13.1 Å². The van der Waals surface area contributed by atoms with Crippen LogP contribution in [0, 0.1) is 11.3 Å². The van der Waals surface area contributed by atoms with Crippen molar-refractivity contribution in [2.24, 2.45) is 11.3 Å². The lowest BCUT2D eigenvalue weighted by molar-refractivity contribution is 0.263. The normalized spacial score (nSPS) is 14.4. The second-order valence-corrected chi connectivity index (χ2v) is 7.27. The molecule has 3 N–H and O–H groups in total. The Morgan fingerprint density at radius 2 is 2.06 bits per heavy atom. The van der Waals surface area contributed by atoms with E-state index >= 15 is 0 Å². The highest BCUT2D eigenvalue weighted by Crippen LogP contribution is 2.25. The Balaban J connectivity index is 2.82. The zero-order valence-electron chi connectivity index (χ0n) is 11.3. The number of anilines is 1. The van der Waals surface area contributed by atoms with Gasteiger partial charge in [0.1, 0.15) is 4.90 Å². The van der Waals surface area contributed by atoms with Gasteiger partial charge < -0.3 is 5.73 Å². The molecule has 1 unspecified atom stereocenters. The molecule has 0 saturated heterocycles. The van der Waals surface area contributed by atoms with Crippen molar-refractivity contribution in [3.8, 4) is 0 Å². The van der Waals surface area contributed by atoms with Gasteiger partial charge in [-0.2, -0.15) is 0 Å². The average molecular weight is 271 g/mol. The van der Waals surface area contributed by atoms with Crippen molar-refractivity contribution < 1.29 is 8.42 Å². The molecule has 0 aliphatic heterocycles. The minimum Gasteiger partial charge on any atom is -0.398 e. The first-order chi connectivity index (χ1) is 8.14. The van der Waals surface area contributed by atoms with Gasteiger partial charge in [0.25, 0.3) is 0 Å². The zero-order valence-corrected chi connectivity index (χ0v) is 12.1. The van der Waals surface area contributed by atoms with Crippen LogP contribution in [0.15, 0.2) is 23.4 Å². The lowest BCUT2D eigenvalue weighted by atomic mass is 9.82. The van der Waals surface area contributed by atoms with Crippen LogP contribution in [0.2, 0.25) is 0 Å². The van der Waals surface area contributed by atoms with E-state index in [4.69, 9.17) is 5.73 Å². The summed E-state index contributed by atoms with van der Waals surface area (Å²) < 4.78 is 26.7. The number of pyridine rings is 1. The maximum Gasteiger partial charge on any atom is 0.244 e. The molecular weight excluding hydrogens is 250 g/mol. The first kappa shape index (κ1) is 14.9. The van der Waals surface area contributed by atoms with Crippen LogP contribution >= 0.6 is 0 Å². The van der Waals surface area contributed by atoms with Crippen LogP contribution in [-0.2, 0) is 10.0 Å². The van der Waals surface area contributed by atoms with E-state index in [2.05, 4.69) is 30.5 Å². The van der Waals surface area contributed by atoms with E-state index in [-0.39, 0.29) is 21.9 Å². The minimum atomic E-state index is -3.58. The number of sulfonamides is 1. The van der Waals surface area contributed by atoms with Crippen molar-refractivity contribution in [3.05, 3.63) is 18.5 Å². The Morgan fingerprint density at radius 3 is 2.56 bits per heavy atom.